The van der Waals surface area contributed by atoms with Crippen molar-refractivity contribution in [3.8, 4) is 0 Å². The maximum Gasteiger partial charge on any atom is 0.254 e. The number of carbonyl (C=O) groups excluding carboxylic acids is 1. The molecule has 2 N–H and O–H groups in total. The van der Waals surface area contributed by atoms with Crippen molar-refractivity contribution in [1.82, 2.24) is 4.90 Å². The molecule has 0 saturated heterocycles. The number of rotatable bonds is 4. The first-order valence-corrected chi connectivity index (χ1v) is 6.66. The topological polar surface area (TPSA) is 55.6 Å². The highest BCUT2D eigenvalue weighted by molar-refractivity contribution is 5.97. The summed E-state index contributed by atoms with van der Waals surface area (Å²) in [4.78, 5) is 14.3. The maximum atomic E-state index is 12.4. The Morgan fingerprint density at radius 3 is 2.84 bits per heavy atom. The predicted molar refractivity (Wildman–Crippen MR) is 76.2 cm³/mol. The van der Waals surface area contributed by atoms with E-state index in [4.69, 9.17) is 10.5 Å². The van der Waals surface area contributed by atoms with Gasteiger partial charge in [0.1, 0.15) is 0 Å². The average molecular weight is 262 g/mol. The van der Waals surface area contributed by atoms with Crippen molar-refractivity contribution in [3.05, 3.63) is 29.3 Å². The fourth-order valence-corrected chi connectivity index (χ4v) is 2.26. The van der Waals surface area contributed by atoms with Crippen LogP contribution in [0, 0.1) is 0 Å². The van der Waals surface area contributed by atoms with Crippen LogP contribution in [0.25, 0.3) is 0 Å². The van der Waals surface area contributed by atoms with Crippen LogP contribution in [0.1, 0.15) is 36.2 Å². The number of fused-ring (bicyclic) bond motifs is 1. The molecule has 4 nitrogen and oxygen atoms in total. The van der Waals surface area contributed by atoms with Crippen molar-refractivity contribution in [3.63, 3.8) is 0 Å². The summed E-state index contributed by atoms with van der Waals surface area (Å²) in [5.74, 6) is 0.0838. The van der Waals surface area contributed by atoms with E-state index in [1.54, 1.807) is 13.2 Å². The van der Waals surface area contributed by atoms with Crippen LogP contribution in [0.2, 0.25) is 0 Å². The number of nitrogen functional groups attached to an aromatic ring is 1. The van der Waals surface area contributed by atoms with Gasteiger partial charge in [0, 0.05) is 31.5 Å². The normalized spacial score (nSPS) is 15.5. The monoisotopic (exact) mass is 262 g/mol. The zero-order valence-electron chi connectivity index (χ0n) is 11.9. The van der Waals surface area contributed by atoms with Crippen LogP contribution < -0.4 is 5.73 Å². The van der Waals surface area contributed by atoms with Crippen LogP contribution >= 0.6 is 0 Å². The van der Waals surface area contributed by atoms with Crippen molar-refractivity contribution in [2.45, 2.75) is 32.3 Å². The molecule has 1 aliphatic heterocycles. The molecule has 0 radical (unpaired) electrons. The molecule has 1 aromatic carbocycles. The Morgan fingerprint density at radius 1 is 1.42 bits per heavy atom. The number of nitrogens with two attached hydrogens (primary N) is 1. The first-order valence-electron chi connectivity index (χ1n) is 6.66. The summed E-state index contributed by atoms with van der Waals surface area (Å²) < 4.78 is 5.39. The molecule has 1 heterocycles. The highest BCUT2D eigenvalue weighted by Crippen LogP contribution is 2.23. The number of carbonyl (C=O) groups is 1. The van der Waals surface area contributed by atoms with E-state index >= 15 is 0 Å². The molecule has 0 fully saturated rings. The minimum Gasteiger partial charge on any atom is -0.399 e. The molecule has 104 valence electrons. The highest BCUT2D eigenvalue weighted by atomic mass is 16.5. The van der Waals surface area contributed by atoms with E-state index in [-0.39, 0.29) is 11.5 Å². The quantitative estimate of drug-likeness (QED) is 0.845. The Kier molecular flexibility index (Phi) is 3.80. The van der Waals surface area contributed by atoms with E-state index < -0.39 is 0 Å². The molecule has 0 aliphatic carbocycles. The Hall–Kier alpha value is -1.55. The van der Waals surface area contributed by atoms with Crippen molar-refractivity contribution in [2.24, 2.45) is 0 Å². The minimum atomic E-state index is -0.198. The Morgan fingerprint density at radius 2 is 2.16 bits per heavy atom. The summed E-state index contributed by atoms with van der Waals surface area (Å²) in [6.45, 7) is 5.56. The van der Waals surface area contributed by atoms with Gasteiger partial charge in [-0.3, -0.25) is 4.79 Å². The van der Waals surface area contributed by atoms with Crippen LogP contribution in [0.3, 0.4) is 0 Å². The molecule has 1 amide bonds. The van der Waals surface area contributed by atoms with Crippen LogP contribution in [0.15, 0.2) is 18.2 Å². The number of benzene rings is 1. The van der Waals surface area contributed by atoms with Gasteiger partial charge in [0.25, 0.3) is 5.91 Å². The zero-order valence-corrected chi connectivity index (χ0v) is 11.9. The molecule has 4 heteroatoms. The molecule has 0 atom stereocenters. The Labute approximate surface area is 114 Å². The smallest absolute Gasteiger partial charge is 0.254 e. The zero-order chi connectivity index (χ0) is 14.0. The maximum absolute atomic E-state index is 12.4. The van der Waals surface area contributed by atoms with Crippen molar-refractivity contribution >= 4 is 11.6 Å². The van der Waals surface area contributed by atoms with Crippen molar-refractivity contribution in [1.29, 1.82) is 0 Å². The molecule has 0 bridgehead atoms. The van der Waals surface area contributed by atoms with E-state index in [1.165, 1.54) is 0 Å². The summed E-state index contributed by atoms with van der Waals surface area (Å²) >= 11 is 0. The summed E-state index contributed by atoms with van der Waals surface area (Å²) in [7, 11) is 1.70. The second-order valence-electron chi connectivity index (χ2n) is 5.67. The van der Waals surface area contributed by atoms with Crippen LogP contribution in [-0.2, 0) is 11.2 Å². The van der Waals surface area contributed by atoms with Gasteiger partial charge in [0.15, 0.2) is 0 Å². The lowest BCUT2D eigenvalue weighted by Crippen LogP contribution is -2.40. The molecule has 0 saturated carbocycles. The van der Waals surface area contributed by atoms with Gasteiger partial charge in [-0.2, -0.15) is 0 Å². The third kappa shape index (κ3) is 3.07. The number of hydrogen-bond acceptors (Lipinski definition) is 3. The summed E-state index contributed by atoms with van der Waals surface area (Å²) in [6, 6.07) is 5.60. The SMILES string of the molecule is COC(C)(C)CCN1CCc2ccc(N)cc2C1=O. The molecule has 0 aromatic heterocycles. The Bertz CT molecular complexity index is 483. The number of methoxy groups -OCH3 is 1. The molecule has 19 heavy (non-hydrogen) atoms. The van der Waals surface area contributed by atoms with Crippen LogP contribution in [0.5, 0.6) is 0 Å². The number of hydrogen-bond donors (Lipinski definition) is 1. The first kappa shape index (κ1) is 13.9. The van der Waals surface area contributed by atoms with Crippen molar-refractivity contribution < 1.29 is 9.53 Å². The van der Waals surface area contributed by atoms with E-state index in [9.17, 15) is 4.79 Å². The number of nitrogens with zero attached hydrogens (tertiary/aromatic N) is 1. The molecule has 0 spiro atoms. The standard InChI is InChI=1S/C15H22N2O2/c1-15(2,19-3)7-9-17-8-6-11-4-5-12(16)10-13(11)14(17)18/h4-5,10H,6-9,16H2,1-3H3. The third-order valence-electron chi connectivity index (χ3n) is 3.84. The molecule has 1 aromatic rings. The third-order valence-corrected chi connectivity index (χ3v) is 3.84. The summed E-state index contributed by atoms with van der Waals surface area (Å²) in [5, 5.41) is 0. The van der Waals surface area contributed by atoms with E-state index in [1.807, 2.05) is 30.9 Å². The van der Waals surface area contributed by atoms with Gasteiger partial charge in [0.05, 0.1) is 5.60 Å². The van der Waals surface area contributed by atoms with Crippen LogP contribution in [0.4, 0.5) is 5.69 Å². The minimum absolute atomic E-state index is 0.0838. The first-order chi connectivity index (χ1) is 8.93. The average Bonchev–Trinajstić information content (AvgIpc) is 2.39. The van der Waals surface area contributed by atoms with Gasteiger partial charge < -0.3 is 15.4 Å². The van der Waals surface area contributed by atoms with Gasteiger partial charge in [-0.15, -0.1) is 0 Å². The van der Waals surface area contributed by atoms with Gasteiger partial charge in [-0.1, -0.05) is 6.07 Å². The summed E-state index contributed by atoms with van der Waals surface area (Å²) in [6.07, 6.45) is 1.72. The van der Waals surface area contributed by atoms with E-state index in [0.29, 0.717) is 12.2 Å². The molecule has 0 unspecified atom stereocenters. The van der Waals surface area contributed by atoms with E-state index in [0.717, 1.165) is 30.5 Å². The lowest BCUT2D eigenvalue weighted by atomic mass is 9.97. The fourth-order valence-electron chi connectivity index (χ4n) is 2.26. The molecular formula is C15H22N2O2. The second kappa shape index (κ2) is 5.21. The lowest BCUT2D eigenvalue weighted by molar-refractivity contribution is 0.00770. The van der Waals surface area contributed by atoms with Gasteiger partial charge in [-0.25, -0.2) is 0 Å². The molecular weight excluding hydrogens is 240 g/mol. The largest absolute Gasteiger partial charge is 0.399 e. The summed E-state index contributed by atoms with van der Waals surface area (Å²) in [5.41, 5.74) is 8.06. The number of ether oxygens (including phenoxy) is 1. The lowest BCUT2D eigenvalue weighted by Gasteiger charge is -2.32. The van der Waals surface area contributed by atoms with E-state index in [2.05, 4.69) is 0 Å². The Balaban J connectivity index is 2.09. The number of anilines is 1. The second-order valence-corrected chi connectivity index (χ2v) is 5.67. The van der Waals surface area contributed by atoms with Gasteiger partial charge in [0.2, 0.25) is 0 Å². The van der Waals surface area contributed by atoms with Crippen molar-refractivity contribution in [2.75, 3.05) is 25.9 Å². The number of amides is 1. The van der Waals surface area contributed by atoms with Gasteiger partial charge >= 0.3 is 0 Å². The fraction of sp³-hybridized carbons (Fsp3) is 0.533. The highest BCUT2D eigenvalue weighted by Gasteiger charge is 2.26. The van der Waals surface area contributed by atoms with Gasteiger partial charge in [-0.05, 0) is 44.4 Å². The predicted octanol–water partition coefficient (Wildman–Crippen LogP) is 2.08. The van der Waals surface area contributed by atoms with Crippen LogP contribution in [-0.4, -0.2) is 36.6 Å². The molecule has 1 aliphatic rings. The molecule has 2 rings (SSSR count).